The fourth-order valence-electron chi connectivity index (χ4n) is 2.28. The Hall–Kier alpha value is -1.06. The first kappa shape index (κ1) is 13.4. The number of thiophene rings is 1. The highest BCUT2D eigenvalue weighted by Crippen LogP contribution is 2.19. The van der Waals surface area contributed by atoms with Gasteiger partial charge in [0.2, 0.25) is 0 Å². The Kier molecular flexibility index (Phi) is 5.02. The zero-order chi connectivity index (χ0) is 12.8. The Labute approximate surface area is 114 Å². The fraction of sp³-hybridized carbons (Fsp3) is 0.467. The standard InChI is InChI=1S/C15H22N2S/c1-3-5-15(16-4-2)14-6-8-17(11-14)10-13-7-9-18-12-13/h6-9,11-12,15-16H,3-5,10H2,1-2H3. The van der Waals surface area contributed by atoms with Gasteiger partial charge in [-0.15, -0.1) is 0 Å². The Morgan fingerprint density at radius 1 is 1.33 bits per heavy atom. The number of hydrogen-bond acceptors (Lipinski definition) is 2. The molecule has 2 nitrogen and oxygen atoms in total. The molecule has 0 bridgehead atoms. The maximum absolute atomic E-state index is 3.56. The highest BCUT2D eigenvalue weighted by atomic mass is 32.1. The SMILES string of the molecule is CCCC(NCC)c1ccn(Cc2ccsc2)c1. The van der Waals surface area contributed by atoms with E-state index in [1.165, 1.54) is 24.0 Å². The largest absolute Gasteiger partial charge is 0.350 e. The molecule has 98 valence electrons. The van der Waals surface area contributed by atoms with Crippen molar-refractivity contribution >= 4 is 11.3 Å². The minimum absolute atomic E-state index is 0.503. The van der Waals surface area contributed by atoms with Crippen LogP contribution in [0, 0.1) is 0 Å². The lowest BCUT2D eigenvalue weighted by Gasteiger charge is -2.15. The van der Waals surface area contributed by atoms with Gasteiger partial charge in [0, 0.05) is 25.0 Å². The molecular formula is C15H22N2S. The summed E-state index contributed by atoms with van der Waals surface area (Å²) >= 11 is 1.76. The quantitative estimate of drug-likeness (QED) is 0.796. The van der Waals surface area contributed by atoms with Crippen molar-refractivity contribution < 1.29 is 0 Å². The van der Waals surface area contributed by atoms with E-state index in [0.717, 1.165) is 13.1 Å². The third kappa shape index (κ3) is 3.47. The van der Waals surface area contributed by atoms with E-state index in [9.17, 15) is 0 Å². The van der Waals surface area contributed by atoms with Crippen molar-refractivity contribution in [2.75, 3.05) is 6.54 Å². The molecule has 2 rings (SSSR count). The molecule has 0 saturated carbocycles. The first-order valence-corrected chi connectivity index (χ1v) is 7.68. The van der Waals surface area contributed by atoms with Gasteiger partial charge in [0.05, 0.1) is 0 Å². The first-order valence-electron chi connectivity index (χ1n) is 6.73. The summed E-state index contributed by atoms with van der Waals surface area (Å²) in [6.45, 7) is 6.42. The molecule has 18 heavy (non-hydrogen) atoms. The van der Waals surface area contributed by atoms with E-state index in [1.54, 1.807) is 11.3 Å². The van der Waals surface area contributed by atoms with Crippen LogP contribution in [0.15, 0.2) is 35.3 Å². The molecule has 0 aromatic carbocycles. The summed E-state index contributed by atoms with van der Waals surface area (Å²) in [6, 6.07) is 4.94. The predicted molar refractivity (Wildman–Crippen MR) is 79.2 cm³/mol. The lowest BCUT2D eigenvalue weighted by Crippen LogP contribution is -2.20. The second-order valence-electron chi connectivity index (χ2n) is 4.65. The zero-order valence-electron chi connectivity index (χ0n) is 11.2. The van der Waals surface area contributed by atoms with Crippen molar-refractivity contribution in [2.45, 2.75) is 39.3 Å². The zero-order valence-corrected chi connectivity index (χ0v) is 12.0. The summed E-state index contributed by atoms with van der Waals surface area (Å²) in [5.41, 5.74) is 2.80. The topological polar surface area (TPSA) is 17.0 Å². The van der Waals surface area contributed by atoms with Crippen molar-refractivity contribution in [1.29, 1.82) is 0 Å². The number of nitrogens with zero attached hydrogens (tertiary/aromatic N) is 1. The Morgan fingerprint density at radius 2 is 2.22 bits per heavy atom. The molecule has 0 fully saturated rings. The van der Waals surface area contributed by atoms with Gasteiger partial charge in [-0.25, -0.2) is 0 Å². The van der Waals surface area contributed by atoms with Crippen LogP contribution in [0.4, 0.5) is 0 Å². The molecule has 0 saturated heterocycles. The lowest BCUT2D eigenvalue weighted by molar-refractivity contribution is 0.508. The van der Waals surface area contributed by atoms with Crippen LogP contribution in [-0.2, 0) is 6.54 Å². The fourth-order valence-corrected chi connectivity index (χ4v) is 2.94. The van der Waals surface area contributed by atoms with Crippen molar-refractivity contribution in [3.8, 4) is 0 Å². The average Bonchev–Trinajstić information content (AvgIpc) is 3.01. The molecule has 1 atom stereocenters. The monoisotopic (exact) mass is 262 g/mol. The minimum Gasteiger partial charge on any atom is -0.350 e. The Bertz CT molecular complexity index is 439. The van der Waals surface area contributed by atoms with Crippen LogP contribution in [-0.4, -0.2) is 11.1 Å². The highest BCUT2D eigenvalue weighted by Gasteiger charge is 2.10. The molecule has 0 aliphatic rings. The molecule has 2 heterocycles. The summed E-state index contributed by atoms with van der Waals surface area (Å²) in [5, 5.41) is 7.91. The summed E-state index contributed by atoms with van der Waals surface area (Å²) in [7, 11) is 0. The molecule has 0 radical (unpaired) electrons. The van der Waals surface area contributed by atoms with E-state index in [1.807, 2.05) is 0 Å². The van der Waals surface area contributed by atoms with Gasteiger partial charge in [-0.2, -0.15) is 11.3 Å². The van der Waals surface area contributed by atoms with Crippen LogP contribution in [0.1, 0.15) is 43.9 Å². The Morgan fingerprint density at radius 3 is 2.89 bits per heavy atom. The van der Waals surface area contributed by atoms with Gasteiger partial charge in [0.15, 0.2) is 0 Å². The molecule has 0 aliphatic carbocycles. The number of hydrogen-bond donors (Lipinski definition) is 1. The molecule has 1 unspecified atom stereocenters. The van der Waals surface area contributed by atoms with Crippen molar-refractivity contribution in [3.05, 3.63) is 46.4 Å². The smallest absolute Gasteiger partial charge is 0.0478 e. The molecule has 2 aromatic heterocycles. The molecule has 1 N–H and O–H groups in total. The molecule has 0 amide bonds. The van der Waals surface area contributed by atoms with E-state index >= 15 is 0 Å². The van der Waals surface area contributed by atoms with Crippen LogP contribution >= 0.6 is 11.3 Å². The second kappa shape index (κ2) is 6.76. The van der Waals surface area contributed by atoms with Gasteiger partial charge in [-0.05, 0) is 47.0 Å². The van der Waals surface area contributed by atoms with Crippen molar-refractivity contribution in [1.82, 2.24) is 9.88 Å². The summed E-state index contributed by atoms with van der Waals surface area (Å²) in [6.07, 6.45) is 6.89. The van der Waals surface area contributed by atoms with Crippen LogP contribution in [0.2, 0.25) is 0 Å². The lowest BCUT2D eigenvalue weighted by atomic mass is 10.1. The van der Waals surface area contributed by atoms with Gasteiger partial charge in [0.25, 0.3) is 0 Å². The molecular weight excluding hydrogens is 240 g/mol. The molecule has 2 aromatic rings. The second-order valence-corrected chi connectivity index (χ2v) is 5.43. The van der Waals surface area contributed by atoms with Crippen LogP contribution in [0.25, 0.3) is 0 Å². The molecule has 0 aliphatic heterocycles. The minimum atomic E-state index is 0.503. The molecule has 3 heteroatoms. The van der Waals surface area contributed by atoms with Crippen LogP contribution in [0.3, 0.4) is 0 Å². The number of rotatable bonds is 7. The maximum Gasteiger partial charge on any atom is 0.0478 e. The Balaban J connectivity index is 2.03. The van der Waals surface area contributed by atoms with Crippen LogP contribution in [0.5, 0.6) is 0 Å². The highest BCUT2D eigenvalue weighted by molar-refractivity contribution is 7.07. The third-order valence-corrected chi connectivity index (χ3v) is 3.88. The van der Waals surface area contributed by atoms with E-state index in [4.69, 9.17) is 0 Å². The van der Waals surface area contributed by atoms with E-state index in [0.29, 0.717) is 6.04 Å². The van der Waals surface area contributed by atoms with E-state index < -0.39 is 0 Å². The number of nitrogens with one attached hydrogen (secondary N) is 1. The average molecular weight is 262 g/mol. The van der Waals surface area contributed by atoms with Crippen LogP contribution < -0.4 is 5.32 Å². The van der Waals surface area contributed by atoms with Crippen molar-refractivity contribution in [3.63, 3.8) is 0 Å². The molecule has 0 spiro atoms. The van der Waals surface area contributed by atoms with Gasteiger partial charge >= 0.3 is 0 Å². The van der Waals surface area contributed by atoms with Gasteiger partial charge in [-0.3, -0.25) is 0 Å². The van der Waals surface area contributed by atoms with Crippen molar-refractivity contribution in [2.24, 2.45) is 0 Å². The summed E-state index contributed by atoms with van der Waals surface area (Å²) < 4.78 is 2.28. The van der Waals surface area contributed by atoms with E-state index in [2.05, 4.69) is 59.0 Å². The van der Waals surface area contributed by atoms with Gasteiger partial charge in [0.1, 0.15) is 0 Å². The van der Waals surface area contributed by atoms with E-state index in [-0.39, 0.29) is 0 Å². The maximum atomic E-state index is 3.56. The predicted octanol–water partition coefficient (Wildman–Crippen LogP) is 4.05. The third-order valence-electron chi connectivity index (χ3n) is 3.15. The number of aromatic nitrogens is 1. The summed E-state index contributed by atoms with van der Waals surface area (Å²) in [5.74, 6) is 0. The first-order chi connectivity index (χ1) is 8.83. The summed E-state index contributed by atoms with van der Waals surface area (Å²) in [4.78, 5) is 0. The van der Waals surface area contributed by atoms with Gasteiger partial charge < -0.3 is 9.88 Å². The van der Waals surface area contributed by atoms with Gasteiger partial charge in [-0.1, -0.05) is 20.3 Å². The normalized spacial score (nSPS) is 12.8.